The summed E-state index contributed by atoms with van der Waals surface area (Å²) in [5.41, 5.74) is 0.886. The highest BCUT2D eigenvalue weighted by molar-refractivity contribution is 5.72. The van der Waals surface area contributed by atoms with Gasteiger partial charge >= 0.3 is 5.97 Å². The van der Waals surface area contributed by atoms with Gasteiger partial charge in [-0.05, 0) is 39.8 Å². The van der Waals surface area contributed by atoms with Crippen LogP contribution in [-0.2, 0) is 9.53 Å². The third-order valence-corrected chi connectivity index (χ3v) is 3.87. The van der Waals surface area contributed by atoms with Crippen molar-refractivity contribution in [3.05, 3.63) is 57.5 Å². The number of carbonyl (C=O) groups is 1. The topological polar surface area (TPSA) is 88.6 Å². The fraction of sp³-hybridized carbons (Fsp3) is 0.400. The van der Waals surface area contributed by atoms with Gasteiger partial charge in [-0.15, -0.1) is 0 Å². The zero-order chi connectivity index (χ0) is 19.3. The van der Waals surface area contributed by atoms with E-state index >= 15 is 0 Å². The Morgan fingerprint density at radius 3 is 2.58 bits per heavy atom. The number of nitrogens with one attached hydrogen (secondary N) is 1. The number of hydrogen-bond donors (Lipinski definition) is 2. The van der Waals surface area contributed by atoms with Crippen LogP contribution in [0.1, 0.15) is 49.9 Å². The van der Waals surface area contributed by atoms with Crippen LogP contribution >= 0.6 is 0 Å². The summed E-state index contributed by atoms with van der Waals surface area (Å²) in [5, 5.41) is 10.4. The van der Waals surface area contributed by atoms with Crippen LogP contribution in [0.4, 0.5) is 0 Å². The fourth-order valence-corrected chi connectivity index (χ4v) is 2.90. The number of carbonyl (C=O) groups excluding carboxylic acids is 1. The molecule has 6 nitrogen and oxygen atoms in total. The van der Waals surface area contributed by atoms with Crippen molar-refractivity contribution in [1.29, 1.82) is 0 Å². The maximum Gasteiger partial charge on any atom is 0.306 e. The van der Waals surface area contributed by atoms with Gasteiger partial charge in [-0.1, -0.05) is 18.2 Å². The molecule has 1 atom stereocenters. The summed E-state index contributed by atoms with van der Waals surface area (Å²) in [4.78, 5) is 27.4. The molecule has 140 valence electrons. The highest BCUT2D eigenvalue weighted by atomic mass is 16.5. The molecule has 0 saturated carbocycles. The third-order valence-electron chi connectivity index (χ3n) is 3.87. The van der Waals surface area contributed by atoms with Crippen molar-refractivity contribution in [2.75, 3.05) is 6.61 Å². The predicted octanol–water partition coefficient (Wildman–Crippen LogP) is 3.26. The molecule has 1 unspecified atom stereocenters. The zero-order valence-corrected chi connectivity index (χ0v) is 15.5. The molecule has 2 rings (SSSR count). The maximum absolute atomic E-state index is 12.5. The lowest BCUT2D eigenvalue weighted by Crippen LogP contribution is -2.22. The molecule has 0 amide bonds. The number of aromatic nitrogens is 1. The fourth-order valence-electron chi connectivity index (χ4n) is 2.90. The number of aromatic hydroxyl groups is 1. The minimum atomic E-state index is -0.687. The van der Waals surface area contributed by atoms with E-state index in [0.717, 1.165) is 0 Å². The number of benzene rings is 1. The second kappa shape index (κ2) is 8.56. The molecular formula is C20H25NO5. The largest absolute Gasteiger partial charge is 0.507 e. The molecule has 6 heteroatoms. The van der Waals surface area contributed by atoms with Crippen LogP contribution in [0.2, 0.25) is 0 Å². The number of aromatic amines is 1. The number of esters is 1. The summed E-state index contributed by atoms with van der Waals surface area (Å²) in [6, 6.07) is 8.68. The number of aryl methyl sites for hydroxylation is 1. The van der Waals surface area contributed by atoms with Gasteiger partial charge in [-0.25, -0.2) is 0 Å². The van der Waals surface area contributed by atoms with Crippen molar-refractivity contribution >= 4 is 5.97 Å². The Kier molecular flexibility index (Phi) is 6.44. The summed E-state index contributed by atoms with van der Waals surface area (Å²) < 4.78 is 10.9. The molecule has 0 bridgehead atoms. The first-order chi connectivity index (χ1) is 12.3. The van der Waals surface area contributed by atoms with Crippen LogP contribution in [0.25, 0.3) is 0 Å². The van der Waals surface area contributed by atoms with Gasteiger partial charge < -0.3 is 19.6 Å². The highest BCUT2D eigenvalue weighted by Crippen LogP contribution is 2.37. The Hall–Kier alpha value is -2.76. The molecule has 0 spiro atoms. The number of rotatable bonds is 7. The summed E-state index contributed by atoms with van der Waals surface area (Å²) >= 11 is 0. The van der Waals surface area contributed by atoms with Crippen LogP contribution in [0.15, 0.2) is 35.1 Å². The summed E-state index contributed by atoms with van der Waals surface area (Å²) in [5.74, 6) is -0.722. The number of hydrogen-bond acceptors (Lipinski definition) is 5. The predicted molar refractivity (Wildman–Crippen MR) is 98.8 cm³/mol. The molecule has 0 saturated heterocycles. The second-order valence-electron chi connectivity index (χ2n) is 6.35. The van der Waals surface area contributed by atoms with E-state index in [1.807, 2.05) is 19.9 Å². The van der Waals surface area contributed by atoms with Gasteiger partial charge in [0.15, 0.2) is 0 Å². The molecule has 2 N–H and O–H groups in total. The molecule has 26 heavy (non-hydrogen) atoms. The maximum atomic E-state index is 12.5. The molecule has 0 radical (unpaired) electrons. The third kappa shape index (κ3) is 4.65. The number of H-pyrrole nitrogens is 1. The van der Waals surface area contributed by atoms with Gasteiger partial charge in [0.05, 0.1) is 24.7 Å². The van der Waals surface area contributed by atoms with Gasteiger partial charge in [0.25, 0.3) is 5.56 Å². The normalized spacial score (nSPS) is 12.0. The molecule has 0 aliphatic rings. The Bertz CT molecular complexity index is 825. The molecule has 1 aromatic heterocycles. The minimum Gasteiger partial charge on any atom is -0.507 e. The standard InChI is InChI=1S/C20H25NO5/c1-5-25-18(23)11-15(19-16(22)10-13(4)21-20(19)24)14-8-6-7-9-17(14)26-12(2)3/h6-10,12,15H,5,11H2,1-4H3,(H2,21,22,24). The quantitative estimate of drug-likeness (QED) is 0.741. The molecule has 0 aliphatic heterocycles. The van der Waals surface area contributed by atoms with E-state index in [0.29, 0.717) is 17.0 Å². The van der Waals surface area contributed by atoms with Crippen molar-refractivity contribution in [3.63, 3.8) is 0 Å². The number of pyridine rings is 1. The van der Waals surface area contributed by atoms with E-state index in [-0.39, 0.29) is 30.4 Å². The minimum absolute atomic E-state index is 0.0774. The van der Waals surface area contributed by atoms with E-state index in [1.165, 1.54) is 6.07 Å². The van der Waals surface area contributed by atoms with Gasteiger partial charge in [-0.2, -0.15) is 0 Å². The summed E-state index contributed by atoms with van der Waals surface area (Å²) in [6.07, 6.45) is -0.157. The van der Waals surface area contributed by atoms with E-state index in [9.17, 15) is 14.7 Å². The van der Waals surface area contributed by atoms with Crippen LogP contribution < -0.4 is 10.3 Å². The second-order valence-corrected chi connectivity index (χ2v) is 6.35. The molecule has 0 aliphatic carbocycles. The van der Waals surface area contributed by atoms with Crippen LogP contribution in [0.5, 0.6) is 11.5 Å². The average molecular weight is 359 g/mol. The smallest absolute Gasteiger partial charge is 0.306 e. The van der Waals surface area contributed by atoms with E-state index < -0.39 is 17.4 Å². The molecule has 1 heterocycles. The number of ether oxygens (including phenoxy) is 2. The van der Waals surface area contributed by atoms with E-state index in [4.69, 9.17) is 9.47 Å². The first-order valence-corrected chi connectivity index (χ1v) is 8.67. The van der Waals surface area contributed by atoms with Gasteiger partial charge in [-0.3, -0.25) is 9.59 Å². The Morgan fingerprint density at radius 1 is 1.27 bits per heavy atom. The monoisotopic (exact) mass is 359 g/mol. The van der Waals surface area contributed by atoms with Crippen molar-refractivity contribution < 1.29 is 19.4 Å². The number of para-hydroxylation sites is 1. The van der Waals surface area contributed by atoms with E-state index in [2.05, 4.69) is 4.98 Å². The Labute approximate surface area is 152 Å². The lowest BCUT2D eigenvalue weighted by Gasteiger charge is -2.22. The highest BCUT2D eigenvalue weighted by Gasteiger charge is 2.28. The van der Waals surface area contributed by atoms with Crippen LogP contribution in [0.3, 0.4) is 0 Å². The molecule has 2 aromatic rings. The first-order valence-electron chi connectivity index (χ1n) is 8.67. The first kappa shape index (κ1) is 19.6. The summed E-state index contributed by atoms with van der Waals surface area (Å²) in [7, 11) is 0. The Morgan fingerprint density at radius 2 is 1.96 bits per heavy atom. The van der Waals surface area contributed by atoms with Gasteiger partial charge in [0.1, 0.15) is 11.5 Å². The lowest BCUT2D eigenvalue weighted by atomic mass is 9.87. The van der Waals surface area contributed by atoms with Crippen LogP contribution in [0, 0.1) is 6.92 Å². The molecular weight excluding hydrogens is 334 g/mol. The Balaban J connectivity index is 2.60. The van der Waals surface area contributed by atoms with Crippen LogP contribution in [-0.4, -0.2) is 28.8 Å². The zero-order valence-electron chi connectivity index (χ0n) is 15.5. The van der Waals surface area contributed by atoms with Crippen molar-refractivity contribution in [2.24, 2.45) is 0 Å². The van der Waals surface area contributed by atoms with Crippen molar-refractivity contribution in [2.45, 2.75) is 46.1 Å². The average Bonchev–Trinajstić information content (AvgIpc) is 2.53. The van der Waals surface area contributed by atoms with Crippen molar-refractivity contribution in [3.8, 4) is 11.5 Å². The summed E-state index contributed by atoms with van der Waals surface area (Å²) in [6.45, 7) is 7.44. The lowest BCUT2D eigenvalue weighted by molar-refractivity contribution is -0.143. The van der Waals surface area contributed by atoms with Crippen molar-refractivity contribution in [1.82, 2.24) is 4.98 Å². The van der Waals surface area contributed by atoms with Gasteiger partial charge in [0.2, 0.25) is 0 Å². The van der Waals surface area contributed by atoms with Gasteiger partial charge in [0, 0.05) is 17.2 Å². The SMILES string of the molecule is CCOC(=O)CC(c1ccccc1OC(C)C)c1c(O)cc(C)[nH]c1=O. The molecule has 0 fully saturated rings. The van der Waals surface area contributed by atoms with E-state index in [1.54, 1.807) is 32.0 Å². The molecule has 1 aromatic carbocycles.